The van der Waals surface area contributed by atoms with Crippen LogP contribution in [0.15, 0.2) is 29.4 Å². The van der Waals surface area contributed by atoms with Crippen LogP contribution in [-0.4, -0.2) is 34.0 Å². The molecule has 3 N–H and O–H groups in total. The maximum absolute atomic E-state index is 5.88. The second kappa shape index (κ2) is 6.30. The zero-order chi connectivity index (χ0) is 12.8. The number of aromatic nitrogens is 1. The van der Waals surface area contributed by atoms with E-state index in [9.17, 15) is 0 Å². The lowest BCUT2D eigenvalue weighted by Crippen LogP contribution is -2.36. The molecule has 1 saturated heterocycles. The molecule has 1 aromatic heterocycles. The van der Waals surface area contributed by atoms with E-state index in [2.05, 4.69) is 20.2 Å². The summed E-state index contributed by atoms with van der Waals surface area (Å²) in [5, 5.41) is 3.44. The minimum atomic E-state index is 0.407. The predicted molar refractivity (Wildman–Crippen MR) is 76.1 cm³/mol. The molecule has 0 amide bonds. The van der Waals surface area contributed by atoms with E-state index in [1.54, 1.807) is 6.20 Å². The van der Waals surface area contributed by atoms with E-state index in [4.69, 9.17) is 18.0 Å². The number of rotatable bonds is 2. The minimum Gasteiger partial charge on any atom is -0.369 e. The smallest absolute Gasteiger partial charge is 0.198 e. The molecule has 2 heterocycles. The van der Waals surface area contributed by atoms with Gasteiger partial charge in [0.25, 0.3) is 0 Å². The second-order valence-electron chi connectivity index (χ2n) is 4.14. The van der Waals surface area contributed by atoms with Crippen LogP contribution in [0.4, 0.5) is 0 Å². The number of nitrogens with one attached hydrogen (secondary N) is 1. The Morgan fingerprint density at radius 1 is 1.44 bits per heavy atom. The van der Waals surface area contributed by atoms with E-state index in [0.29, 0.717) is 17.6 Å². The van der Waals surface area contributed by atoms with Crippen LogP contribution in [0.5, 0.6) is 0 Å². The van der Waals surface area contributed by atoms with E-state index in [-0.39, 0.29) is 0 Å². The monoisotopic (exact) mass is 263 g/mol. The fourth-order valence-electron chi connectivity index (χ4n) is 1.83. The number of nitrogens with zero attached hydrogens (tertiary/aromatic N) is 3. The van der Waals surface area contributed by atoms with Crippen LogP contribution in [0.3, 0.4) is 0 Å². The number of thiocarbonyl (C=S) groups is 1. The highest BCUT2D eigenvalue weighted by atomic mass is 32.1. The molecule has 0 spiro atoms. The zero-order valence-electron chi connectivity index (χ0n) is 10.2. The van der Waals surface area contributed by atoms with E-state index in [1.165, 1.54) is 12.8 Å². The molecule has 0 saturated carbocycles. The number of guanidine groups is 1. The molecule has 0 aliphatic carbocycles. The molecule has 1 fully saturated rings. The third-order valence-corrected chi connectivity index (χ3v) is 3.03. The largest absolute Gasteiger partial charge is 0.369 e. The van der Waals surface area contributed by atoms with Gasteiger partial charge in [0.05, 0.1) is 12.2 Å². The molecular weight excluding hydrogens is 246 g/mol. The van der Waals surface area contributed by atoms with Gasteiger partial charge in [-0.15, -0.1) is 0 Å². The highest BCUT2D eigenvalue weighted by Gasteiger charge is 2.13. The topological polar surface area (TPSA) is 66.5 Å². The summed E-state index contributed by atoms with van der Waals surface area (Å²) in [4.78, 5) is 10.4. The van der Waals surface area contributed by atoms with Gasteiger partial charge in [0, 0.05) is 19.3 Å². The van der Waals surface area contributed by atoms with Crippen LogP contribution < -0.4 is 11.1 Å². The summed E-state index contributed by atoms with van der Waals surface area (Å²) in [6, 6.07) is 5.75. The van der Waals surface area contributed by atoms with E-state index in [0.717, 1.165) is 18.8 Å². The number of aliphatic imine (C=N–C) groups is 1. The summed E-state index contributed by atoms with van der Waals surface area (Å²) < 4.78 is 0. The summed E-state index contributed by atoms with van der Waals surface area (Å²) in [7, 11) is 0. The highest BCUT2D eigenvalue weighted by Crippen LogP contribution is 2.06. The second-order valence-corrected chi connectivity index (χ2v) is 4.53. The zero-order valence-corrected chi connectivity index (χ0v) is 11.0. The third-order valence-electron chi connectivity index (χ3n) is 2.79. The molecule has 0 atom stereocenters. The first kappa shape index (κ1) is 12.8. The first-order valence-electron chi connectivity index (χ1n) is 6.02. The van der Waals surface area contributed by atoms with Gasteiger partial charge >= 0.3 is 0 Å². The lowest BCUT2D eigenvalue weighted by molar-refractivity contribution is 0.514. The summed E-state index contributed by atoms with van der Waals surface area (Å²) in [6.07, 6.45) is 4.09. The van der Waals surface area contributed by atoms with Gasteiger partial charge in [-0.3, -0.25) is 4.98 Å². The number of pyridine rings is 1. The Labute approximate surface area is 112 Å². The Morgan fingerprint density at radius 2 is 2.22 bits per heavy atom. The number of likely N-dealkylation sites (tertiary alicyclic amines) is 1. The lowest BCUT2D eigenvalue weighted by atomic mass is 10.3. The number of hydrogen-bond acceptors (Lipinski definition) is 2. The third kappa shape index (κ3) is 3.66. The fourth-order valence-corrected chi connectivity index (χ4v) is 2.00. The van der Waals surface area contributed by atoms with Crippen molar-refractivity contribution in [2.24, 2.45) is 10.7 Å². The van der Waals surface area contributed by atoms with Crippen molar-refractivity contribution in [1.82, 2.24) is 15.2 Å². The highest BCUT2D eigenvalue weighted by molar-refractivity contribution is 7.80. The SMILES string of the molecule is NC(=NC(=S)NCc1ccccn1)N1CCCC1. The van der Waals surface area contributed by atoms with Crippen molar-refractivity contribution < 1.29 is 0 Å². The molecule has 0 bridgehead atoms. The summed E-state index contributed by atoms with van der Waals surface area (Å²) >= 11 is 5.13. The van der Waals surface area contributed by atoms with Crippen LogP contribution in [-0.2, 0) is 6.54 Å². The van der Waals surface area contributed by atoms with Crippen molar-refractivity contribution in [3.05, 3.63) is 30.1 Å². The first-order chi connectivity index (χ1) is 8.75. The normalized spacial score (nSPS) is 15.8. The van der Waals surface area contributed by atoms with Gasteiger partial charge in [0.2, 0.25) is 0 Å². The molecule has 0 radical (unpaired) electrons. The van der Waals surface area contributed by atoms with E-state index in [1.807, 2.05) is 18.2 Å². The Balaban J connectivity index is 1.83. The molecule has 1 aliphatic rings. The van der Waals surface area contributed by atoms with Crippen LogP contribution in [0.25, 0.3) is 0 Å². The maximum Gasteiger partial charge on any atom is 0.198 e. The standard InChI is InChI=1S/C12H17N5S/c13-11(17-7-3-4-8-17)16-12(18)15-9-10-5-1-2-6-14-10/h1-2,5-6H,3-4,7-9H2,(H3,13,15,16,18). The van der Waals surface area contributed by atoms with Gasteiger partial charge in [-0.05, 0) is 37.2 Å². The van der Waals surface area contributed by atoms with Gasteiger partial charge in [-0.1, -0.05) is 6.07 Å². The molecule has 1 aromatic rings. The Morgan fingerprint density at radius 3 is 2.89 bits per heavy atom. The van der Waals surface area contributed by atoms with E-state index >= 15 is 0 Å². The Kier molecular flexibility index (Phi) is 4.46. The summed E-state index contributed by atoms with van der Waals surface area (Å²) in [6.45, 7) is 2.51. The molecule has 0 unspecified atom stereocenters. The van der Waals surface area contributed by atoms with Crippen molar-refractivity contribution in [2.45, 2.75) is 19.4 Å². The van der Waals surface area contributed by atoms with E-state index < -0.39 is 0 Å². The van der Waals surface area contributed by atoms with Gasteiger partial charge in [-0.2, -0.15) is 4.99 Å². The Hall–Kier alpha value is -1.69. The van der Waals surface area contributed by atoms with Crippen molar-refractivity contribution in [1.29, 1.82) is 0 Å². The summed E-state index contributed by atoms with van der Waals surface area (Å²) in [5.41, 5.74) is 6.81. The molecular formula is C12H17N5S. The molecule has 2 rings (SSSR count). The van der Waals surface area contributed by atoms with Gasteiger partial charge in [0.1, 0.15) is 0 Å². The van der Waals surface area contributed by atoms with Gasteiger partial charge in [-0.25, -0.2) is 0 Å². The predicted octanol–water partition coefficient (Wildman–Crippen LogP) is 0.867. The van der Waals surface area contributed by atoms with Gasteiger partial charge < -0.3 is 16.0 Å². The Bertz CT molecular complexity index is 425. The molecule has 5 nitrogen and oxygen atoms in total. The van der Waals surface area contributed by atoms with Crippen LogP contribution in [0.2, 0.25) is 0 Å². The average molecular weight is 263 g/mol. The van der Waals surface area contributed by atoms with Crippen molar-refractivity contribution in [2.75, 3.05) is 13.1 Å². The minimum absolute atomic E-state index is 0.407. The maximum atomic E-state index is 5.88. The molecule has 96 valence electrons. The quantitative estimate of drug-likeness (QED) is 0.471. The van der Waals surface area contributed by atoms with Crippen LogP contribution in [0, 0.1) is 0 Å². The number of hydrogen-bond donors (Lipinski definition) is 2. The van der Waals surface area contributed by atoms with Crippen molar-refractivity contribution >= 4 is 23.3 Å². The van der Waals surface area contributed by atoms with Crippen LogP contribution >= 0.6 is 12.2 Å². The first-order valence-corrected chi connectivity index (χ1v) is 6.43. The average Bonchev–Trinajstić information content (AvgIpc) is 2.91. The molecule has 18 heavy (non-hydrogen) atoms. The molecule has 6 heteroatoms. The van der Waals surface area contributed by atoms with Crippen LogP contribution in [0.1, 0.15) is 18.5 Å². The lowest BCUT2D eigenvalue weighted by Gasteiger charge is -2.15. The van der Waals surface area contributed by atoms with Crippen molar-refractivity contribution in [3.8, 4) is 0 Å². The number of nitrogens with two attached hydrogens (primary N) is 1. The summed E-state index contributed by atoms with van der Waals surface area (Å²) in [5.74, 6) is 0.506. The fraction of sp³-hybridized carbons (Fsp3) is 0.417. The molecule has 1 aliphatic heterocycles. The van der Waals surface area contributed by atoms with Crippen molar-refractivity contribution in [3.63, 3.8) is 0 Å². The van der Waals surface area contributed by atoms with Gasteiger partial charge in [0.15, 0.2) is 11.1 Å². The molecule has 0 aromatic carbocycles.